The van der Waals surface area contributed by atoms with Crippen molar-refractivity contribution in [2.45, 2.75) is 71.9 Å². The molecular formula is C51H51F4N11O6S. The van der Waals surface area contributed by atoms with E-state index in [0.717, 1.165) is 45.2 Å². The lowest BCUT2D eigenvalue weighted by Gasteiger charge is -2.33. The van der Waals surface area contributed by atoms with Gasteiger partial charge in [0.05, 0.1) is 48.5 Å². The Morgan fingerprint density at radius 2 is 1.07 bits per heavy atom. The predicted molar refractivity (Wildman–Crippen MR) is 266 cm³/mol. The van der Waals surface area contributed by atoms with Crippen molar-refractivity contribution in [3.05, 3.63) is 129 Å². The van der Waals surface area contributed by atoms with Crippen LogP contribution in [0.5, 0.6) is 0 Å². The third-order valence-corrected chi connectivity index (χ3v) is 12.5. The number of nitrogens with zero attached hydrogens (tertiary/aromatic N) is 7. The Bertz CT molecular complexity index is 3170. The summed E-state index contributed by atoms with van der Waals surface area (Å²) in [5.74, 6) is -3.94. The number of nitrogens with one attached hydrogen (secondary N) is 4. The fourth-order valence-corrected chi connectivity index (χ4v) is 8.75. The number of benzene rings is 4. The molecule has 4 N–H and O–H groups in total. The lowest BCUT2D eigenvalue weighted by Crippen LogP contribution is -2.44. The van der Waals surface area contributed by atoms with Gasteiger partial charge in [-0.25, -0.2) is 51.9 Å². The molecule has 17 nitrogen and oxygen atoms in total. The van der Waals surface area contributed by atoms with E-state index in [1.165, 1.54) is 18.4 Å². The number of carbonyl (C=O) groups is 4. The number of hydrogen-bond donors (Lipinski definition) is 4. The molecule has 0 spiro atoms. The van der Waals surface area contributed by atoms with Crippen LogP contribution in [0.15, 0.2) is 78.0 Å². The van der Waals surface area contributed by atoms with Crippen molar-refractivity contribution in [1.29, 1.82) is 0 Å². The average Bonchev–Trinajstić information content (AvgIpc) is 3.34. The zero-order chi connectivity index (χ0) is 52.4. The number of rotatable bonds is 10. The molecule has 22 heteroatoms. The summed E-state index contributed by atoms with van der Waals surface area (Å²) >= 11 is 0. The molecule has 0 bridgehead atoms. The zero-order valence-corrected chi connectivity index (χ0v) is 41.6. The Kier molecular flexibility index (Phi) is 15.1. The number of aryl methyl sites for hydroxylation is 2. The second kappa shape index (κ2) is 21.5. The summed E-state index contributed by atoms with van der Waals surface area (Å²) < 4.78 is 77.1. The standard InChI is InChI=1S/C27H28F2N6O3.C24H23F2N5O3S/c1-15(2)31-25(36)17-8-7-16(3)18(13-17)22-19-14-30-27(37)35(23-20(28)5-4-6-21(23)29)24(19)33-26(32-22)34-9-11-38-12-10-34;1-12(2)28-22(32)14-9-8-13(3)15(10-14)19-16-11-27-24(33)31(20-17(25)6-5-7-18(20)26)21(16)30-23(29-19)35(4)34/h4-8,13,15H,9-12,14H2,1-3H3,(H,30,37)(H,31,36);5-10,12H,11H2,1-4H3,(H,27,33)(H,28,32). The number of amides is 6. The molecule has 1 atom stereocenters. The maximum absolute atomic E-state index is 14.9. The molecule has 73 heavy (non-hydrogen) atoms. The van der Waals surface area contributed by atoms with Gasteiger partial charge in [0, 0.05) is 64.8 Å². The number of hydrogen-bond acceptors (Lipinski definition) is 11. The first-order valence-corrected chi connectivity index (χ1v) is 24.7. The summed E-state index contributed by atoms with van der Waals surface area (Å²) in [6, 6.07) is 15.4. The van der Waals surface area contributed by atoms with Crippen LogP contribution < -0.4 is 36.0 Å². The van der Waals surface area contributed by atoms with Crippen molar-refractivity contribution >= 4 is 63.6 Å². The monoisotopic (exact) mass is 1020 g/mol. The largest absolute Gasteiger partial charge is 0.378 e. The summed E-state index contributed by atoms with van der Waals surface area (Å²) in [4.78, 5) is 73.1. The number of ether oxygens (including phenoxy) is 1. The zero-order valence-electron chi connectivity index (χ0n) is 40.8. The maximum atomic E-state index is 14.9. The van der Waals surface area contributed by atoms with Gasteiger partial charge in [0.15, 0.2) is 11.6 Å². The van der Waals surface area contributed by atoms with E-state index in [-0.39, 0.29) is 53.8 Å². The first-order chi connectivity index (χ1) is 34.8. The van der Waals surface area contributed by atoms with Crippen molar-refractivity contribution in [2.75, 3.05) is 47.3 Å². The molecule has 6 amide bonds. The van der Waals surface area contributed by atoms with E-state index in [1.54, 1.807) is 30.3 Å². The van der Waals surface area contributed by atoms with Gasteiger partial charge < -0.3 is 30.9 Å². The van der Waals surface area contributed by atoms with Gasteiger partial charge >= 0.3 is 12.1 Å². The van der Waals surface area contributed by atoms with Gasteiger partial charge in [-0.3, -0.25) is 13.8 Å². The molecule has 1 unspecified atom stereocenters. The molecule has 6 aromatic rings. The highest BCUT2D eigenvalue weighted by Gasteiger charge is 2.37. The van der Waals surface area contributed by atoms with Gasteiger partial charge in [-0.05, 0) is 101 Å². The average molecular weight is 1020 g/mol. The smallest absolute Gasteiger partial charge is 0.328 e. The van der Waals surface area contributed by atoms with Crippen LogP contribution in [0, 0.1) is 37.1 Å². The number of fused-ring (bicyclic) bond motifs is 2. The quantitative estimate of drug-likeness (QED) is 0.0764. The number of halogens is 4. The van der Waals surface area contributed by atoms with Crippen LogP contribution in [-0.2, 0) is 28.6 Å². The van der Waals surface area contributed by atoms with E-state index in [9.17, 15) is 40.9 Å². The minimum Gasteiger partial charge on any atom is -0.378 e. The van der Waals surface area contributed by atoms with Crippen LogP contribution in [0.3, 0.4) is 0 Å². The molecule has 9 rings (SSSR count). The fourth-order valence-electron chi connectivity index (χ4n) is 8.31. The van der Waals surface area contributed by atoms with Gasteiger partial charge in [0.1, 0.15) is 34.6 Å². The lowest BCUT2D eigenvalue weighted by atomic mass is 9.97. The molecule has 1 saturated heterocycles. The van der Waals surface area contributed by atoms with E-state index in [1.807, 2.05) is 52.5 Å². The van der Waals surface area contributed by atoms with Crippen molar-refractivity contribution in [3.8, 4) is 22.5 Å². The van der Waals surface area contributed by atoms with Gasteiger partial charge in [0.2, 0.25) is 11.1 Å². The Morgan fingerprint density at radius 3 is 1.49 bits per heavy atom. The van der Waals surface area contributed by atoms with Gasteiger partial charge in [-0.1, -0.05) is 24.3 Å². The van der Waals surface area contributed by atoms with Crippen LogP contribution in [-0.4, -0.2) is 92.7 Å². The van der Waals surface area contributed by atoms with E-state index in [4.69, 9.17) is 9.72 Å². The second-order valence-corrected chi connectivity index (χ2v) is 19.1. The van der Waals surface area contributed by atoms with Crippen LogP contribution in [0.2, 0.25) is 0 Å². The van der Waals surface area contributed by atoms with Crippen molar-refractivity contribution in [1.82, 2.24) is 41.2 Å². The minimum atomic E-state index is -1.68. The normalized spacial score (nSPS) is 14.7. The summed E-state index contributed by atoms with van der Waals surface area (Å²) in [6.45, 7) is 13.1. The van der Waals surface area contributed by atoms with Gasteiger partial charge in [0.25, 0.3) is 11.8 Å². The Balaban J connectivity index is 0.000000196. The van der Waals surface area contributed by atoms with Gasteiger partial charge in [-0.2, -0.15) is 4.98 Å². The molecule has 0 saturated carbocycles. The topological polar surface area (TPSA) is 204 Å². The Labute approximate surface area is 420 Å². The Morgan fingerprint density at radius 1 is 0.644 bits per heavy atom. The molecule has 4 aromatic carbocycles. The lowest BCUT2D eigenvalue weighted by molar-refractivity contribution is 0.0934. The highest BCUT2D eigenvalue weighted by atomic mass is 32.2. The second-order valence-electron chi connectivity index (χ2n) is 17.8. The van der Waals surface area contributed by atoms with Crippen molar-refractivity contribution in [3.63, 3.8) is 0 Å². The third-order valence-electron chi connectivity index (χ3n) is 11.8. The number of urea groups is 2. The van der Waals surface area contributed by atoms with E-state index >= 15 is 0 Å². The molecule has 3 aliphatic heterocycles. The Hall–Kier alpha value is -7.85. The summed E-state index contributed by atoms with van der Waals surface area (Å²) in [6.07, 6.45) is 1.36. The molecule has 3 aliphatic rings. The number of aromatic nitrogens is 4. The first-order valence-electron chi connectivity index (χ1n) is 23.2. The first kappa shape index (κ1) is 51.5. The van der Waals surface area contributed by atoms with E-state index in [0.29, 0.717) is 77.0 Å². The molecular weight excluding hydrogens is 971 g/mol. The summed E-state index contributed by atoms with van der Waals surface area (Å²) in [5, 5.41) is 10.9. The molecule has 5 heterocycles. The molecule has 2 aromatic heterocycles. The number of anilines is 5. The highest BCUT2D eigenvalue weighted by Crippen LogP contribution is 2.41. The predicted octanol–water partition coefficient (Wildman–Crippen LogP) is 8.03. The summed E-state index contributed by atoms with van der Waals surface area (Å²) in [5.41, 5.74) is 4.08. The number of carbonyl (C=O) groups excluding carboxylic acids is 4. The SMILES string of the molecule is Cc1ccc(C(=O)NC(C)C)cc1-c1nc(N2CCOCC2)nc2c1CNC(=O)N2c1c(F)cccc1F.Cc1ccc(C(=O)NC(C)C)cc1-c1nc(S(C)=O)nc2c1CNC(=O)N2c1c(F)cccc1F. The minimum absolute atomic E-state index is 0.0332. The number of para-hydroxylation sites is 2. The van der Waals surface area contributed by atoms with Crippen LogP contribution >= 0.6 is 0 Å². The molecule has 380 valence electrons. The molecule has 0 radical (unpaired) electrons. The fraction of sp³-hybridized carbons (Fsp3) is 0.294. The summed E-state index contributed by atoms with van der Waals surface area (Å²) in [7, 11) is -1.68. The number of morpholine rings is 1. The van der Waals surface area contributed by atoms with Crippen molar-refractivity contribution < 1.29 is 45.7 Å². The highest BCUT2D eigenvalue weighted by molar-refractivity contribution is 7.84. The third kappa shape index (κ3) is 10.7. The van der Waals surface area contributed by atoms with Crippen LogP contribution in [0.25, 0.3) is 22.5 Å². The molecule has 0 aliphatic carbocycles. The van der Waals surface area contributed by atoms with E-state index < -0.39 is 57.5 Å². The van der Waals surface area contributed by atoms with E-state index in [2.05, 4.69) is 36.2 Å². The maximum Gasteiger partial charge on any atom is 0.328 e. The van der Waals surface area contributed by atoms with Crippen molar-refractivity contribution in [2.24, 2.45) is 0 Å². The van der Waals surface area contributed by atoms with Gasteiger partial charge in [-0.15, -0.1) is 0 Å². The van der Waals surface area contributed by atoms with Crippen LogP contribution in [0.4, 0.5) is 56.1 Å². The van der Waals surface area contributed by atoms with Crippen LogP contribution in [0.1, 0.15) is 70.7 Å². The molecule has 1 fully saturated rings.